The van der Waals surface area contributed by atoms with E-state index in [-0.39, 0.29) is 35.6 Å². The van der Waals surface area contributed by atoms with Crippen LogP contribution in [0.3, 0.4) is 0 Å². The Bertz CT molecular complexity index is 979. The van der Waals surface area contributed by atoms with E-state index in [0.29, 0.717) is 6.54 Å². The van der Waals surface area contributed by atoms with Crippen molar-refractivity contribution in [3.8, 4) is 5.75 Å². The molecule has 1 fully saturated rings. The molecule has 1 unspecified atom stereocenters. The standard InChI is InChI=1S/C21H25N5OS.HI/c1-22-19(23-13-15-14-26-10-11-28-20(26)24-15)25-17-12-21(8-4-5-9-21)27-18-7-3-2-6-16(17)18;/h2-3,6-7,10-11,14,17H,4-5,8-9,12-13H2,1H3,(H2,22,23,25);1H. The number of nitrogens with zero attached hydrogens (tertiary/aromatic N) is 3. The number of thiazole rings is 1. The van der Waals surface area contributed by atoms with E-state index in [4.69, 9.17) is 4.74 Å². The van der Waals surface area contributed by atoms with Gasteiger partial charge >= 0.3 is 0 Å². The highest BCUT2D eigenvalue weighted by atomic mass is 127. The molecule has 1 aliphatic heterocycles. The summed E-state index contributed by atoms with van der Waals surface area (Å²) in [5.74, 6) is 1.81. The fourth-order valence-electron chi connectivity index (χ4n) is 4.47. The van der Waals surface area contributed by atoms with Gasteiger partial charge in [0.1, 0.15) is 11.4 Å². The molecule has 0 radical (unpaired) electrons. The zero-order valence-corrected chi connectivity index (χ0v) is 19.6. The number of halogens is 1. The van der Waals surface area contributed by atoms with Gasteiger partial charge in [0, 0.05) is 36.8 Å². The van der Waals surface area contributed by atoms with E-state index in [1.807, 2.05) is 18.6 Å². The number of nitrogens with one attached hydrogen (secondary N) is 2. The third kappa shape index (κ3) is 4.09. The van der Waals surface area contributed by atoms with E-state index < -0.39 is 0 Å². The average Bonchev–Trinajstić information content (AvgIpc) is 3.42. The van der Waals surface area contributed by atoms with Crippen molar-refractivity contribution in [1.82, 2.24) is 20.0 Å². The molecule has 1 aliphatic carbocycles. The molecular weight excluding hydrogens is 497 g/mol. The van der Waals surface area contributed by atoms with Crippen molar-refractivity contribution < 1.29 is 4.74 Å². The zero-order chi connectivity index (χ0) is 19.0. The van der Waals surface area contributed by atoms with Crippen molar-refractivity contribution in [2.45, 2.75) is 50.3 Å². The van der Waals surface area contributed by atoms with Crippen molar-refractivity contribution in [2.75, 3.05) is 7.05 Å². The van der Waals surface area contributed by atoms with Crippen LogP contribution in [0, 0.1) is 0 Å². The molecule has 0 saturated heterocycles. The number of para-hydroxylation sites is 1. The summed E-state index contributed by atoms with van der Waals surface area (Å²) in [6.07, 6.45) is 9.84. The van der Waals surface area contributed by atoms with Crippen LogP contribution in [0.25, 0.3) is 4.96 Å². The summed E-state index contributed by atoms with van der Waals surface area (Å²) in [5, 5.41) is 9.10. The first-order chi connectivity index (χ1) is 13.7. The fraction of sp³-hybridized carbons (Fsp3) is 0.429. The predicted molar refractivity (Wildman–Crippen MR) is 127 cm³/mol. The van der Waals surface area contributed by atoms with Crippen LogP contribution in [0.1, 0.15) is 49.4 Å². The second-order valence-electron chi connectivity index (χ2n) is 7.68. The molecule has 3 aromatic rings. The maximum atomic E-state index is 6.47. The molecule has 0 amide bonds. The minimum absolute atomic E-state index is 0. The number of fused-ring (bicyclic) bond motifs is 2. The normalized spacial score (nSPS) is 20.2. The SMILES string of the molecule is CN=C(NCc1cn2ccsc2n1)NC1CC2(CCCC2)Oc2ccccc21.I. The highest BCUT2D eigenvalue weighted by Gasteiger charge is 2.43. The predicted octanol–water partition coefficient (Wildman–Crippen LogP) is 4.52. The molecule has 6 nitrogen and oxygen atoms in total. The van der Waals surface area contributed by atoms with Crippen LogP contribution >= 0.6 is 35.3 Å². The molecule has 5 rings (SSSR count). The van der Waals surface area contributed by atoms with Gasteiger partial charge in [-0.3, -0.25) is 9.39 Å². The van der Waals surface area contributed by atoms with Gasteiger partial charge in [0.05, 0.1) is 18.3 Å². The lowest BCUT2D eigenvalue weighted by Crippen LogP contribution is -2.46. The van der Waals surface area contributed by atoms with Gasteiger partial charge in [0.2, 0.25) is 0 Å². The summed E-state index contributed by atoms with van der Waals surface area (Å²) < 4.78 is 8.52. The van der Waals surface area contributed by atoms with Crippen LogP contribution in [0.5, 0.6) is 5.75 Å². The molecule has 1 aromatic carbocycles. The topological polar surface area (TPSA) is 63.0 Å². The Morgan fingerprint density at radius 2 is 2.17 bits per heavy atom. The van der Waals surface area contributed by atoms with Crippen molar-refractivity contribution in [2.24, 2.45) is 4.99 Å². The molecular formula is C21H26IN5OS. The lowest BCUT2D eigenvalue weighted by atomic mass is 9.86. The van der Waals surface area contributed by atoms with Crippen molar-refractivity contribution in [1.29, 1.82) is 0 Å². The van der Waals surface area contributed by atoms with Gasteiger partial charge in [0.15, 0.2) is 10.9 Å². The number of benzene rings is 1. The first kappa shape index (κ1) is 20.5. The molecule has 1 saturated carbocycles. The maximum Gasteiger partial charge on any atom is 0.193 e. The van der Waals surface area contributed by atoms with Gasteiger partial charge in [-0.1, -0.05) is 18.2 Å². The number of aromatic nitrogens is 2. The van der Waals surface area contributed by atoms with Gasteiger partial charge < -0.3 is 15.4 Å². The monoisotopic (exact) mass is 523 g/mol. The third-order valence-electron chi connectivity index (χ3n) is 5.83. The van der Waals surface area contributed by atoms with E-state index in [1.54, 1.807) is 11.3 Å². The summed E-state index contributed by atoms with van der Waals surface area (Å²) in [4.78, 5) is 10.1. The summed E-state index contributed by atoms with van der Waals surface area (Å²) in [6.45, 7) is 0.643. The highest BCUT2D eigenvalue weighted by molar-refractivity contribution is 14.0. The van der Waals surface area contributed by atoms with Gasteiger partial charge in [-0.05, 0) is 31.7 Å². The van der Waals surface area contributed by atoms with Crippen molar-refractivity contribution in [3.63, 3.8) is 0 Å². The Morgan fingerprint density at radius 1 is 1.34 bits per heavy atom. The summed E-state index contributed by atoms with van der Waals surface area (Å²) in [5.41, 5.74) is 2.19. The Labute approximate surface area is 191 Å². The Balaban J connectivity index is 0.00000205. The van der Waals surface area contributed by atoms with Crippen molar-refractivity contribution in [3.05, 3.63) is 53.3 Å². The Morgan fingerprint density at radius 3 is 2.97 bits per heavy atom. The van der Waals surface area contributed by atoms with Gasteiger partial charge in [-0.25, -0.2) is 4.98 Å². The molecule has 3 heterocycles. The number of hydrogen-bond acceptors (Lipinski definition) is 4. The first-order valence-corrected chi connectivity index (χ1v) is 10.8. The van der Waals surface area contributed by atoms with Crippen LogP contribution in [0.4, 0.5) is 0 Å². The van der Waals surface area contributed by atoms with E-state index in [0.717, 1.165) is 41.6 Å². The number of imidazole rings is 1. The Kier molecular flexibility index (Phi) is 6.00. The van der Waals surface area contributed by atoms with Crippen LogP contribution in [0.15, 0.2) is 47.0 Å². The van der Waals surface area contributed by atoms with Crippen LogP contribution in [-0.2, 0) is 6.54 Å². The third-order valence-corrected chi connectivity index (χ3v) is 6.60. The average molecular weight is 523 g/mol. The van der Waals surface area contributed by atoms with E-state index in [1.165, 1.54) is 18.4 Å². The number of aliphatic imine (C=N–C) groups is 1. The van der Waals surface area contributed by atoms with E-state index in [9.17, 15) is 0 Å². The lowest BCUT2D eigenvalue weighted by molar-refractivity contribution is 0.0396. The fourth-order valence-corrected chi connectivity index (χ4v) is 5.19. The largest absolute Gasteiger partial charge is 0.487 e. The van der Waals surface area contributed by atoms with Crippen LogP contribution in [0.2, 0.25) is 0 Å². The van der Waals surface area contributed by atoms with Gasteiger partial charge in [-0.15, -0.1) is 35.3 Å². The quantitative estimate of drug-likeness (QED) is 0.301. The summed E-state index contributed by atoms with van der Waals surface area (Å²) in [6, 6.07) is 8.58. The number of ether oxygens (including phenoxy) is 1. The maximum absolute atomic E-state index is 6.47. The van der Waals surface area contributed by atoms with Gasteiger partial charge in [-0.2, -0.15) is 0 Å². The van der Waals surface area contributed by atoms with Crippen molar-refractivity contribution >= 4 is 46.2 Å². The van der Waals surface area contributed by atoms with E-state index in [2.05, 4.69) is 55.5 Å². The summed E-state index contributed by atoms with van der Waals surface area (Å²) in [7, 11) is 1.82. The first-order valence-electron chi connectivity index (χ1n) is 9.91. The summed E-state index contributed by atoms with van der Waals surface area (Å²) >= 11 is 1.64. The second kappa shape index (κ2) is 8.51. The van der Waals surface area contributed by atoms with Gasteiger partial charge in [0.25, 0.3) is 0 Å². The lowest BCUT2D eigenvalue weighted by Gasteiger charge is -2.40. The van der Waals surface area contributed by atoms with Crippen LogP contribution in [-0.4, -0.2) is 28.0 Å². The molecule has 1 spiro atoms. The minimum Gasteiger partial charge on any atom is -0.487 e. The molecule has 154 valence electrons. The number of guanidine groups is 1. The number of hydrogen-bond donors (Lipinski definition) is 2. The smallest absolute Gasteiger partial charge is 0.193 e. The molecule has 2 aromatic heterocycles. The minimum atomic E-state index is -0.0287. The molecule has 2 N–H and O–H groups in total. The number of rotatable bonds is 3. The van der Waals surface area contributed by atoms with Crippen LogP contribution < -0.4 is 15.4 Å². The van der Waals surface area contributed by atoms with E-state index >= 15 is 0 Å². The molecule has 1 atom stereocenters. The molecule has 8 heteroatoms. The molecule has 2 aliphatic rings. The second-order valence-corrected chi connectivity index (χ2v) is 8.55. The molecule has 29 heavy (non-hydrogen) atoms. The zero-order valence-electron chi connectivity index (χ0n) is 16.4. The Hall–Kier alpha value is -1.81. The highest BCUT2D eigenvalue weighted by Crippen LogP contribution is 2.46. The molecule has 0 bridgehead atoms.